The molecule has 2 amide bonds. The fraction of sp³-hybridized carbons (Fsp3) is 0.588. The van der Waals surface area contributed by atoms with E-state index >= 15 is 0 Å². The van der Waals surface area contributed by atoms with E-state index in [-0.39, 0.29) is 17.2 Å². The molecule has 3 aliphatic heterocycles. The Balaban J connectivity index is 1.13. The number of rotatable bonds is 5. The van der Waals surface area contributed by atoms with Crippen molar-refractivity contribution >= 4 is 11.8 Å². The van der Waals surface area contributed by atoms with Crippen molar-refractivity contribution in [2.24, 2.45) is 5.41 Å². The summed E-state index contributed by atoms with van der Waals surface area (Å²) in [7, 11) is 0. The van der Waals surface area contributed by atoms with Gasteiger partial charge in [-0.1, -0.05) is 31.0 Å². The second-order valence-electron chi connectivity index (χ2n) is 12.1. The third-order valence-electron chi connectivity index (χ3n) is 9.18. The molecule has 2 aromatic carbocycles. The minimum atomic E-state index is 0.0403. The zero-order valence-electron chi connectivity index (χ0n) is 24.6. The number of amides is 2. The van der Waals surface area contributed by atoms with Gasteiger partial charge in [0.2, 0.25) is 5.91 Å². The second-order valence-corrected chi connectivity index (χ2v) is 12.1. The molecule has 7 heteroatoms. The number of likely N-dealkylation sites (tertiary alicyclic amines) is 2. The van der Waals surface area contributed by atoms with Crippen LogP contribution in [0, 0.1) is 5.41 Å². The van der Waals surface area contributed by atoms with Crippen LogP contribution in [-0.2, 0) is 11.2 Å². The monoisotopic (exact) mass is 561 g/mol. The molecule has 0 atom stereocenters. The summed E-state index contributed by atoms with van der Waals surface area (Å²) in [5.74, 6) is 1.95. The fourth-order valence-electron chi connectivity index (χ4n) is 6.51. The second kappa shape index (κ2) is 14.7. The number of ether oxygens (including phenoxy) is 2. The number of hydrogen-bond acceptors (Lipinski definition) is 5. The lowest BCUT2D eigenvalue weighted by Gasteiger charge is -2.42. The number of hydrogen-bond donors (Lipinski definition) is 1. The van der Waals surface area contributed by atoms with E-state index in [1.807, 2.05) is 41.3 Å². The molecular weight excluding hydrogens is 514 g/mol. The Bertz CT molecular complexity index is 1120. The van der Waals surface area contributed by atoms with E-state index in [1.54, 1.807) is 0 Å². The minimum absolute atomic E-state index is 0.0403. The lowest BCUT2D eigenvalue weighted by Crippen LogP contribution is -2.48. The molecular formula is C34H47N3O4. The minimum Gasteiger partial charge on any atom is -0.493 e. The van der Waals surface area contributed by atoms with Crippen LogP contribution < -0.4 is 14.8 Å². The van der Waals surface area contributed by atoms with Gasteiger partial charge in [0.15, 0.2) is 0 Å². The number of carbonyl (C=O) groups is 2. The topological polar surface area (TPSA) is 71.1 Å². The van der Waals surface area contributed by atoms with Gasteiger partial charge < -0.3 is 19.7 Å². The summed E-state index contributed by atoms with van der Waals surface area (Å²) in [5.41, 5.74) is 2.00. The normalized spacial score (nSPS) is 20.8. The zero-order valence-corrected chi connectivity index (χ0v) is 24.6. The fourth-order valence-corrected chi connectivity index (χ4v) is 6.51. The van der Waals surface area contributed by atoms with Crippen LogP contribution in [0.5, 0.6) is 11.5 Å². The summed E-state index contributed by atoms with van der Waals surface area (Å²) in [4.78, 5) is 30.4. The molecule has 0 radical (unpaired) electrons. The largest absolute Gasteiger partial charge is 0.493 e. The van der Waals surface area contributed by atoms with Crippen LogP contribution in [0.1, 0.15) is 80.1 Å². The lowest BCUT2D eigenvalue weighted by molar-refractivity contribution is -0.122. The molecule has 2 saturated heterocycles. The highest BCUT2D eigenvalue weighted by atomic mass is 16.5. The number of aryl methyl sites for hydroxylation is 1. The SMILES string of the molecule is O=C1CCCOc2ccccc2CCCCC2(CCN(C(=O)c3ccc(OCCN4CCCCC4)cc3)CC2)CN1. The number of nitrogens with one attached hydrogen (secondary N) is 1. The quantitative estimate of drug-likeness (QED) is 0.524. The van der Waals surface area contributed by atoms with E-state index in [0.717, 1.165) is 69.7 Å². The molecule has 0 saturated carbocycles. The number of benzene rings is 2. The first-order chi connectivity index (χ1) is 20.1. The lowest BCUT2D eigenvalue weighted by atomic mass is 9.74. The molecule has 0 aromatic heterocycles. The number of piperidine rings is 2. The molecule has 1 spiro atoms. The highest BCUT2D eigenvalue weighted by molar-refractivity contribution is 5.94. The third kappa shape index (κ3) is 8.48. The van der Waals surface area contributed by atoms with Gasteiger partial charge in [0, 0.05) is 38.2 Å². The molecule has 2 aromatic rings. The van der Waals surface area contributed by atoms with Crippen molar-refractivity contribution in [3.63, 3.8) is 0 Å². The van der Waals surface area contributed by atoms with Gasteiger partial charge in [-0.3, -0.25) is 14.5 Å². The van der Waals surface area contributed by atoms with Crippen molar-refractivity contribution in [1.29, 1.82) is 0 Å². The molecule has 2 fully saturated rings. The number of para-hydroxylation sites is 1. The highest BCUT2D eigenvalue weighted by Crippen LogP contribution is 2.37. The molecule has 0 unspecified atom stereocenters. The van der Waals surface area contributed by atoms with Gasteiger partial charge in [0.05, 0.1) is 6.61 Å². The Kier molecular flexibility index (Phi) is 10.6. The van der Waals surface area contributed by atoms with Gasteiger partial charge in [-0.05, 0) is 106 Å². The van der Waals surface area contributed by atoms with E-state index < -0.39 is 0 Å². The van der Waals surface area contributed by atoms with E-state index in [9.17, 15) is 9.59 Å². The number of carbonyl (C=O) groups excluding carboxylic acids is 2. The van der Waals surface area contributed by atoms with Crippen LogP contribution in [0.15, 0.2) is 48.5 Å². The first kappa shape index (κ1) is 29.4. The Morgan fingerprint density at radius 1 is 0.854 bits per heavy atom. The Morgan fingerprint density at radius 2 is 1.63 bits per heavy atom. The van der Waals surface area contributed by atoms with Gasteiger partial charge in [-0.15, -0.1) is 0 Å². The summed E-state index contributed by atoms with van der Waals surface area (Å²) < 4.78 is 11.9. The van der Waals surface area contributed by atoms with E-state index in [2.05, 4.69) is 22.3 Å². The summed E-state index contributed by atoms with van der Waals surface area (Å²) in [5, 5.41) is 3.22. The van der Waals surface area contributed by atoms with Gasteiger partial charge >= 0.3 is 0 Å². The van der Waals surface area contributed by atoms with Crippen LogP contribution in [0.3, 0.4) is 0 Å². The van der Waals surface area contributed by atoms with Crippen molar-refractivity contribution in [1.82, 2.24) is 15.1 Å². The molecule has 7 nitrogen and oxygen atoms in total. The smallest absolute Gasteiger partial charge is 0.253 e. The third-order valence-corrected chi connectivity index (χ3v) is 9.18. The van der Waals surface area contributed by atoms with Crippen LogP contribution in [0.4, 0.5) is 0 Å². The molecule has 3 aliphatic rings. The summed E-state index contributed by atoms with van der Waals surface area (Å²) in [6.45, 7) is 6.66. The Labute approximate surface area is 245 Å². The van der Waals surface area contributed by atoms with Crippen LogP contribution in [0.2, 0.25) is 0 Å². The van der Waals surface area contributed by atoms with Gasteiger partial charge in [-0.2, -0.15) is 0 Å². The number of nitrogens with zero attached hydrogens (tertiary/aromatic N) is 2. The van der Waals surface area contributed by atoms with Crippen molar-refractivity contribution in [2.75, 3.05) is 52.5 Å². The van der Waals surface area contributed by atoms with Gasteiger partial charge in [0.25, 0.3) is 5.91 Å². The average molecular weight is 562 g/mol. The Morgan fingerprint density at radius 3 is 2.44 bits per heavy atom. The molecule has 1 N–H and O–H groups in total. The number of fused-ring (bicyclic) bond motifs is 1. The van der Waals surface area contributed by atoms with Gasteiger partial charge in [0.1, 0.15) is 18.1 Å². The molecule has 222 valence electrons. The molecule has 41 heavy (non-hydrogen) atoms. The summed E-state index contributed by atoms with van der Waals surface area (Å²) in [6.07, 6.45) is 11.2. The predicted molar refractivity (Wildman–Crippen MR) is 162 cm³/mol. The first-order valence-electron chi connectivity index (χ1n) is 15.8. The molecule has 0 bridgehead atoms. The maximum absolute atomic E-state index is 13.3. The van der Waals surface area contributed by atoms with Crippen molar-refractivity contribution in [3.05, 3.63) is 59.7 Å². The molecule has 5 rings (SSSR count). The van der Waals surface area contributed by atoms with Crippen LogP contribution in [0.25, 0.3) is 0 Å². The predicted octanol–water partition coefficient (Wildman–Crippen LogP) is 5.48. The van der Waals surface area contributed by atoms with Crippen LogP contribution >= 0.6 is 0 Å². The maximum atomic E-state index is 13.3. The van der Waals surface area contributed by atoms with Crippen molar-refractivity contribution < 1.29 is 19.1 Å². The summed E-state index contributed by atoms with van der Waals surface area (Å²) in [6, 6.07) is 15.9. The maximum Gasteiger partial charge on any atom is 0.253 e. The van der Waals surface area contributed by atoms with E-state index in [1.165, 1.54) is 37.9 Å². The van der Waals surface area contributed by atoms with Crippen molar-refractivity contribution in [2.45, 2.75) is 70.6 Å². The summed E-state index contributed by atoms with van der Waals surface area (Å²) >= 11 is 0. The standard InChI is InChI=1S/C34H47N3O4/c38-32-12-8-25-41-31-11-3-2-9-28(31)10-4-5-17-34(27-35-32)18-22-37(23-19-34)33(39)29-13-15-30(16-14-29)40-26-24-36-20-6-1-7-21-36/h2-3,9,11,13-16H,1,4-8,10,12,17-27H2,(H,35,38). The highest BCUT2D eigenvalue weighted by Gasteiger charge is 2.36. The average Bonchev–Trinajstić information content (AvgIpc) is 3.02. The zero-order chi connectivity index (χ0) is 28.3. The van der Waals surface area contributed by atoms with Gasteiger partial charge in [-0.25, -0.2) is 0 Å². The Hall–Kier alpha value is -3.06. The van der Waals surface area contributed by atoms with Crippen LogP contribution in [-0.4, -0.2) is 74.1 Å². The van der Waals surface area contributed by atoms with E-state index in [0.29, 0.717) is 38.2 Å². The molecule has 3 heterocycles. The first-order valence-corrected chi connectivity index (χ1v) is 15.8. The van der Waals surface area contributed by atoms with Crippen molar-refractivity contribution in [3.8, 4) is 11.5 Å². The molecule has 0 aliphatic carbocycles. The van der Waals surface area contributed by atoms with E-state index in [4.69, 9.17) is 9.47 Å².